The van der Waals surface area contributed by atoms with Gasteiger partial charge >= 0.3 is 0 Å². The van der Waals surface area contributed by atoms with Crippen molar-refractivity contribution in [2.45, 2.75) is 20.5 Å². The van der Waals surface area contributed by atoms with Gasteiger partial charge in [-0.05, 0) is 19.4 Å². The summed E-state index contributed by atoms with van der Waals surface area (Å²) in [6.07, 6.45) is 0. The molecule has 0 fully saturated rings. The number of hydrogen-bond donors (Lipinski definition) is 0. The van der Waals surface area contributed by atoms with Gasteiger partial charge in [0.25, 0.3) is 5.69 Å². The average molecular weight is 195 g/mol. The molecule has 0 saturated heterocycles. The highest BCUT2D eigenvalue weighted by Crippen LogP contribution is 2.19. The lowest BCUT2D eigenvalue weighted by atomic mass is 10.1. The molecule has 0 spiro atoms. The van der Waals surface area contributed by atoms with Crippen LogP contribution < -0.4 is 0 Å². The van der Waals surface area contributed by atoms with Crippen LogP contribution in [0.25, 0.3) is 0 Å². The summed E-state index contributed by atoms with van der Waals surface area (Å²) in [7, 11) is 0. The van der Waals surface area contributed by atoms with E-state index in [2.05, 4.69) is 0 Å². The highest BCUT2D eigenvalue weighted by Gasteiger charge is 2.10. The predicted octanol–water partition coefficient (Wildman–Crippen LogP) is 2.44. The molecule has 4 heteroatoms. The summed E-state index contributed by atoms with van der Waals surface area (Å²) in [4.78, 5) is 10.2. The van der Waals surface area contributed by atoms with Gasteiger partial charge < -0.3 is 4.74 Å². The van der Waals surface area contributed by atoms with Crippen molar-refractivity contribution in [3.63, 3.8) is 0 Å². The first kappa shape index (κ1) is 10.7. The lowest BCUT2D eigenvalue weighted by molar-refractivity contribution is -0.385. The highest BCUT2D eigenvalue weighted by atomic mass is 16.6. The van der Waals surface area contributed by atoms with Crippen molar-refractivity contribution in [2.75, 3.05) is 6.61 Å². The normalized spacial score (nSPS) is 10.1. The van der Waals surface area contributed by atoms with E-state index < -0.39 is 0 Å². The van der Waals surface area contributed by atoms with E-state index >= 15 is 0 Å². The second kappa shape index (κ2) is 4.72. The van der Waals surface area contributed by atoms with Crippen LogP contribution in [0.4, 0.5) is 5.69 Å². The van der Waals surface area contributed by atoms with Crippen molar-refractivity contribution in [3.8, 4) is 0 Å². The minimum atomic E-state index is -0.370. The van der Waals surface area contributed by atoms with E-state index in [1.807, 2.05) is 13.0 Å². The maximum absolute atomic E-state index is 10.6. The van der Waals surface area contributed by atoms with Crippen molar-refractivity contribution in [2.24, 2.45) is 0 Å². The Hall–Kier alpha value is -1.42. The molecule has 0 atom stereocenters. The lowest BCUT2D eigenvalue weighted by Crippen LogP contribution is -1.96. The number of hydrogen-bond acceptors (Lipinski definition) is 3. The van der Waals surface area contributed by atoms with Gasteiger partial charge in [-0.2, -0.15) is 0 Å². The first-order valence-electron chi connectivity index (χ1n) is 4.46. The number of nitro groups is 1. The molecular weight excluding hydrogens is 182 g/mol. The standard InChI is InChI=1S/C10H13NO3/c1-3-14-7-9-5-4-8(2)10(6-9)11(12)13/h4-6H,3,7H2,1-2H3. The Morgan fingerprint density at radius 2 is 2.21 bits per heavy atom. The summed E-state index contributed by atoms with van der Waals surface area (Å²) in [5.74, 6) is 0. The molecule has 0 bridgehead atoms. The largest absolute Gasteiger partial charge is 0.377 e. The summed E-state index contributed by atoms with van der Waals surface area (Å²) in [5, 5.41) is 10.6. The van der Waals surface area contributed by atoms with Crippen molar-refractivity contribution in [1.29, 1.82) is 0 Å². The molecular formula is C10H13NO3. The van der Waals surface area contributed by atoms with E-state index in [0.717, 1.165) is 5.56 Å². The van der Waals surface area contributed by atoms with Crippen LogP contribution in [0.5, 0.6) is 0 Å². The molecule has 1 aromatic rings. The molecule has 0 unspecified atom stereocenters. The van der Waals surface area contributed by atoms with E-state index in [1.165, 1.54) is 0 Å². The monoisotopic (exact) mass is 195 g/mol. The Kier molecular flexibility index (Phi) is 3.59. The van der Waals surface area contributed by atoms with Crippen molar-refractivity contribution >= 4 is 5.69 Å². The van der Waals surface area contributed by atoms with E-state index in [4.69, 9.17) is 4.74 Å². The molecule has 0 N–H and O–H groups in total. The summed E-state index contributed by atoms with van der Waals surface area (Å²) in [5.41, 5.74) is 1.67. The number of ether oxygens (including phenoxy) is 1. The molecule has 0 aliphatic carbocycles. The quantitative estimate of drug-likeness (QED) is 0.547. The van der Waals surface area contributed by atoms with Gasteiger partial charge in [0.1, 0.15) is 0 Å². The van der Waals surface area contributed by atoms with Crippen LogP contribution >= 0.6 is 0 Å². The van der Waals surface area contributed by atoms with Crippen molar-refractivity contribution in [3.05, 3.63) is 39.4 Å². The third-order valence-electron chi connectivity index (χ3n) is 1.94. The SMILES string of the molecule is CCOCc1ccc(C)c([N+](=O)[O-])c1. The second-order valence-electron chi connectivity index (χ2n) is 3.02. The molecule has 0 amide bonds. The maximum Gasteiger partial charge on any atom is 0.272 e. The van der Waals surface area contributed by atoms with E-state index in [-0.39, 0.29) is 10.6 Å². The molecule has 14 heavy (non-hydrogen) atoms. The van der Waals surface area contributed by atoms with Gasteiger partial charge in [-0.3, -0.25) is 10.1 Å². The number of nitrogens with zero attached hydrogens (tertiary/aromatic N) is 1. The molecule has 0 aliphatic heterocycles. The van der Waals surface area contributed by atoms with Gasteiger partial charge in [0, 0.05) is 18.2 Å². The van der Waals surface area contributed by atoms with Crippen molar-refractivity contribution < 1.29 is 9.66 Å². The number of rotatable bonds is 4. The smallest absolute Gasteiger partial charge is 0.272 e. The van der Waals surface area contributed by atoms with Crippen LogP contribution in [0.3, 0.4) is 0 Å². The zero-order valence-corrected chi connectivity index (χ0v) is 8.32. The van der Waals surface area contributed by atoms with Gasteiger partial charge in [-0.15, -0.1) is 0 Å². The van der Waals surface area contributed by atoms with Gasteiger partial charge in [0.15, 0.2) is 0 Å². The van der Waals surface area contributed by atoms with Crippen LogP contribution in [0, 0.1) is 17.0 Å². The fourth-order valence-electron chi connectivity index (χ4n) is 1.16. The maximum atomic E-state index is 10.6. The molecule has 76 valence electrons. The first-order chi connectivity index (χ1) is 6.65. The van der Waals surface area contributed by atoms with Crippen LogP contribution in [0.1, 0.15) is 18.1 Å². The Morgan fingerprint density at radius 3 is 2.79 bits per heavy atom. The summed E-state index contributed by atoms with van der Waals surface area (Å²) < 4.78 is 5.17. The van der Waals surface area contributed by atoms with Crippen LogP contribution in [0.2, 0.25) is 0 Å². The van der Waals surface area contributed by atoms with Crippen LogP contribution in [-0.4, -0.2) is 11.5 Å². The summed E-state index contributed by atoms with van der Waals surface area (Å²) in [6, 6.07) is 5.15. The van der Waals surface area contributed by atoms with Crippen molar-refractivity contribution in [1.82, 2.24) is 0 Å². The Bertz CT molecular complexity index is 336. The van der Waals surface area contributed by atoms with Gasteiger partial charge in [0.2, 0.25) is 0 Å². The minimum Gasteiger partial charge on any atom is -0.377 e. The molecule has 4 nitrogen and oxygen atoms in total. The molecule has 0 aromatic heterocycles. The first-order valence-corrected chi connectivity index (χ1v) is 4.46. The number of aryl methyl sites for hydroxylation is 1. The van der Waals surface area contributed by atoms with E-state index in [9.17, 15) is 10.1 Å². The van der Waals surface area contributed by atoms with E-state index in [1.54, 1.807) is 19.1 Å². The number of nitro benzene ring substituents is 1. The predicted molar refractivity (Wildman–Crippen MR) is 53.2 cm³/mol. The fraction of sp³-hybridized carbons (Fsp3) is 0.400. The minimum absolute atomic E-state index is 0.155. The summed E-state index contributed by atoms with van der Waals surface area (Å²) >= 11 is 0. The molecule has 0 heterocycles. The summed E-state index contributed by atoms with van der Waals surface area (Å²) in [6.45, 7) is 4.66. The third kappa shape index (κ3) is 2.53. The Morgan fingerprint density at radius 1 is 1.50 bits per heavy atom. The zero-order chi connectivity index (χ0) is 10.6. The zero-order valence-electron chi connectivity index (χ0n) is 8.32. The van der Waals surface area contributed by atoms with Crippen LogP contribution in [-0.2, 0) is 11.3 Å². The number of benzene rings is 1. The molecule has 1 aromatic carbocycles. The van der Waals surface area contributed by atoms with E-state index in [0.29, 0.717) is 18.8 Å². The molecule has 0 aliphatic rings. The highest BCUT2D eigenvalue weighted by molar-refractivity contribution is 5.42. The molecule has 1 rings (SSSR count). The molecule has 0 radical (unpaired) electrons. The van der Waals surface area contributed by atoms with Gasteiger partial charge in [-0.1, -0.05) is 12.1 Å². The topological polar surface area (TPSA) is 52.4 Å². The second-order valence-corrected chi connectivity index (χ2v) is 3.02. The third-order valence-corrected chi connectivity index (χ3v) is 1.94. The van der Waals surface area contributed by atoms with Crippen LogP contribution in [0.15, 0.2) is 18.2 Å². The molecule has 0 saturated carbocycles. The van der Waals surface area contributed by atoms with Gasteiger partial charge in [0.05, 0.1) is 11.5 Å². The Labute approximate surface area is 82.7 Å². The average Bonchev–Trinajstić information content (AvgIpc) is 2.16. The van der Waals surface area contributed by atoms with Gasteiger partial charge in [-0.25, -0.2) is 0 Å². The Balaban J connectivity index is 2.89. The fourth-order valence-corrected chi connectivity index (χ4v) is 1.16. The lowest BCUT2D eigenvalue weighted by Gasteiger charge is -2.02.